The van der Waals surface area contributed by atoms with Crippen molar-refractivity contribution in [2.24, 2.45) is 5.84 Å². The fourth-order valence-electron chi connectivity index (χ4n) is 2.16. The van der Waals surface area contributed by atoms with Crippen LogP contribution in [-0.2, 0) is 6.42 Å². The van der Waals surface area contributed by atoms with Crippen molar-refractivity contribution in [2.45, 2.75) is 32.2 Å². The largest absolute Gasteiger partial charge is 0.271 e. The number of benzene rings is 1. The zero-order chi connectivity index (χ0) is 14.5. The molecular formula is C16H20BrN3. The number of rotatable bonds is 5. The standard InChI is InChI=1S/C16H20BrN3/c1-11(2)13-7-5-12(6-8-13)10-15(20-18)16-14(17)4-3-9-19-16/h3-9,11,15,20H,10,18H2,1-2H3. The Morgan fingerprint density at radius 3 is 2.45 bits per heavy atom. The van der Waals surface area contributed by atoms with Gasteiger partial charge in [-0.25, -0.2) is 0 Å². The lowest BCUT2D eigenvalue weighted by Gasteiger charge is -2.17. The van der Waals surface area contributed by atoms with Gasteiger partial charge in [0, 0.05) is 10.7 Å². The van der Waals surface area contributed by atoms with E-state index in [0.29, 0.717) is 5.92 Å². The third-order valence-electron chi connectivity index (χ3n) is 3.40. The molecule has 0 aliphatic heterocycles. The van der Waals surface area contributed by atoms with E-state index in [1.165, 1.54) is 11.1 Å². The maximum atomic E-state index is 5.69. The lowest BCUT2D eigenvalue weighted by molar-refractivity contribution is 0.536. The molecule has 0 aliphatic rings. The van der Waals surface area contributed by atoms with Crippen molar-refractivity contribution < 1.29 is 0 Å². The van der Waals surface area contributed by atoms with E-state index in [-0.39, 0.29) is 6.04 Å². The molecule has 2 aromatic rings. The van der Waals surface area contributed by atoms with Gasteiger partial charge in [-0.2, -0.15) is 0 Å². The fraction of sp³-hybridized carbons (Fsp3) is 0.312. The van der Waals surface area contributed by atoms with Gasteiger partial charge in [-0.05, 0) is 51.5 Å². The highest BCUT2D eigenvalue weighted by molar-refractivity contribution is 9.10. The van der Waals surface area contributed by atoms with E-state index in [0.717, 1.165) is 16.6 Å². The van der Waals surface area contributed by atoms with E-state index in [1.54, 1.807) is 6.20 Å². The van der Waals surface area contributed by atoms with Crippen LogP contribution in [0.5, 0.6) is 0 Å². The van der Waals surface area contributed by atoms with Gasteiger partial charge in [-0.3, -0.25) is 16.3 Å². The van der Waals surface area contributed by atoms with E-state index >= 15 is 0 Å². The minimum absolute atomic E-state index is 0.00419. The molecule has 1 aromatic heterocycles. The summed E-state index contributed by atoms with van der Waals surface area (Å²) in [5.41, 5.74) is 6.38. The van der Waals surface area contributed by atoms with Crippen molar-refractivity contribution in [3.8, 4) is 0 Å². The predicted octanol–water partition coefficient (Wildman–Crippen LogP) is 3.71. The number of hydrazine groups is 1. The molecule has 4 heteroatoms. The van der Waals surface area contributed by atoms with Crippen LogP contribution in [0.4, 0.5) is 0 Å². The van der Waals surface area contributed by atoms with Crippen LogP contribution in [0.2, 0.25) is 0 Å². The molecule has 0 saturated carbocycles. The molecule has 3 N–H and O–H groups in total. The summed E-state index contributed by atoms with van der Waals surface area (Å²) >= 11 is 3.52. The summed E-state index contributed by atoms with van der Waals surface area (Å²) in [6, 6.07) is 12.6. The van der Waals surface area contributed by atoms with Gasteiger partial charge in [-0.15, -0.1) is 0 Å². The summed E-state index contributed by atoms with van der Waals surface area (Å²) in [6.45, 7) is 4.40. The van der Waals surface area contributed by atoms with Gasteiger partial charge >= 0.3 is 0 Å². The molecule has 1 heterocycles. The monoisotopic (exact) mass is 333 g/mol. The first-order chi connectivity index (χ1) is 9.61. The van der Waals surface area contributed by atoms with E-state index in [4.69, 9.17) is 5.84 Å². The number of pyridine rings is 1. The summed E-state index contributed by atoms with van der Waals surface area (Å²) in [4.78, 5) is 4.40. The van der Waals surface area contributed by atoms with Crippen LogP contribution in [0.3, 0.4) is 0 Å². The van der Waals surface area contributed by atoms with Crippen molar-refractivity contribution in [2.75, 3.05) is 0 Å². The van der Waals surface area contributed by atoms with Crippen molar-refractivity contribution in [3.05, 3.63) is 63.9 Å². The number of hydrogen-bond acceptors (Lipinski definition) is 3. The van der Waals surface area contributed by atoms with Crippen LogP contribution in [0.25, 0.3) is 0 Å². The SMILES string of the molecule is CC(C)c1ccc(CC(NN)c2ncccc2Br)cc1. The zero-order valence-electron chi connectivity index (χ0n) is 11.8. The van der Waals surface area contributed by atoms with Gasteiger partial charge in [-0.1, -0.05) is 38.1 Å². The van der Waals surface area contributed by atoms with Crippen molar-refractivity contribution in [1.29, 1.82) is 0 Å². The van der Waals surface area contributed by atoms with Crippen LogP contribution in [0, 0.1) is 0 Å². The minimum Gasteiger partial charge on any atom is -0.271 e. The molecule has 2 rings (SSSR count). The first-order valence-corrected chi connectivity index (χ1v) is 7.56. The normalized spacial score (nSPS) is 12.7. The molecular weight excluding hydrogens is 314 g/mol. The minimum atomic E-state index is -0.00419. The molecule has 0 saturated heterocycles. The summed E-state index contributed by atoms with van der Waals surface area (Å²) in [5, 5.41) is 0. The second kappa shape index (κ2) is 6.97. The van der Waals surface area contributed by atoms with Gasteiger partial charge in [0.1, 0.15) is 0 Å². The van der Waals surface area contributed by atoms with Crippen LogP contribution in [0.1, 0.15) is 42.6 Å². The molecule has 1 atom stereocenters. The molecule has 1 unspecified atom stereocenters. The van der Waals surface area contributed by atoms with Gasteiger partial charge in [0.25, 0.3) is 0 Å². The molecule has 3 nitrogen and oxygen atoms in total. The highest BCUT2D eigenvalue weighted by atomic mass is 79.9. The summed E-state index contributed by atoms with van der Waals surface area (Å²) < 4.78 is 0.974. The fourth-order valence-corrected chi connectivity index (χ4v) is 2.69. The number of nitrogens with zero attached hydrogens (tertiary/aromatic N) is 1. The number of aromatic nitrogens is 1. The highest BCUT2D eigenvalue weighted by Crippen LogP contribution is 2.24. The van der Waals surface area contributed by atoms with E-state index in [2.05, 4.69) is 64.5 Å². The third-order valence-corrected chi connectivity index (χ3v) is 4.07. The van der Waals surface area contributed by atoms with Crippen molar-refractivity contribution in [3.63, 3.8) is 0 Å². The van der Waals surface area contributed by atoms with E-state index in [9.17, 15) is 0 Å². The average Bonchev–Trinajstić information content (AvgIpc) is 2.46. The first-order valence-electron chi connectivity index (χ1n) is 6.77. The van der Waals surface area contributed by atoms with E-state index < -0.39 is 0 Å². The smallest absolute Gasteiger partial charge is 0.0731 e. The van der Waals surface area contributed by atoms with Gasteiger partial charge in [0.05, 0.1) is 11.7 Å². The highest BCUT2D eigenvalue weighted by Gasteiger charge is 2.15. The lowest BCUT2D eigenvalue weighted by atomic mass is 9.98. The Morgan fingerprint density at radius 2 is 1.90 bits per heavy atom. The Balaban J connectivity index is 2.16. The second-order valence-electron chi connectivity index (χ2n) is 5.19. The quantitative estimate of drug-likeness (QED) is 0.647. The van der Waals surface area contributed by atoms with Gasteiger partial charge < -0.3 is 0 Å². The Morgan fingerprint density at radius 1 is 1.20 bits per heavy atom. The zero-order valence-corrected chi connectivity index (χ0v) is 13.4. The summed E-state index contributed by atoms with van der Waals surface area (Å²) in [7, 11) is 0. The molecule has 0 fully saturated rings. The van der Waals surface area contributed by atoms with Crippen molar-refractivity contribution >= 4 is 15.9 Å². The van der Waals surface area contributed by atoms with Crippen LogP contribution in [-0.4, -0.2) is 4.98 Å². The second-order valence-corrected chi connectivity index (χ2v) is 6.04. The Labute approximate surface area is 128 Å². The molecule has 0 bridgehead atoms. The molecule has 0 amide bonds. The number of nitrogens with one attached hydrogen (secondary N) is 1. The number of hydrogen-bond donors (Lipinski definition) is 2. The number of halogens is 1. The van der Waals surface area contributed by atoms with Crippen LogP contribution >= 0.6 is 15.9 Å². The molecule has 0 radical (unpaired) electrons. The molecule has 0 spiro atoms. The average molecular weight is 334 g/mol. The molecule has 20 heavy (non-hydrogen) atoms. The molecule has 0 aliphatic carbocycles. The Bertz CT molecular complexity index is 552. The van der Waals surface area contributed by atoms with Gasteiger partial charge in [0.15, 0.2) is 0 Å². The molecule has 1 aromatic carbocycles. The summed E-state index contributed by atoms with van der Waals surface area (Å²) in [5.74, 6) is 6.24. The maximum Gasteiger partial charge on any atom is 0.0731 e. The van der Waals surface area contributed by atoms with Crippen LogP contribution in [0.15, 0.2) is 47.1 Å². The lowest BCUT2D eigenvalue weighted by Crippen LogP contribution is -2.30. The van der Waals surface area contributed by atoms with Crippen molar-refractivity contribution in [1.82, 2.24) is 10.4 Å². The first kappa shape index (κ1) is 15.2. The van der Waals surface area contributed by atoms with Gasteiger partial charge in [0.2, 0.25) is 0 Å². The summed E-state index contributed by atoms with van der Waals surface area (Å²) in [6.07, 6.45) is 2.59. The van der Waals surface area contributed by atoms with E-state index in [1.807, 2.05) is 12.1 Å². The topological polar surface area (TPSA) is 50.9 Å². The third kappa shape index (κ3) is 3.66. The Kier molecular flexibility index (Phi) is 5.29. The maximum absolute atomic E-state index is 5.69. The predicted molar refractivity (Wildman–Crippen MR) is 86.2 cm³/mol. The molecule has 106 valence electrons. The Hall–Kier alpha value is -1.23. The van der Waals surface area contributed by atoms with Crippen LogP contribution < -0.4 is 11.3 Å². The number of nitrogens with two attached hydrogens (primary N) is 1.